The lowest BCUT2D eigenvalue weighted by atomic mass is 10.0. The van der Waals surface area contributed by atoms with Gasteiger partial charge in [0.2, 0.25) is 0 Å². The minimum absolute atomic E-state index is 0.0108. The molecule has 0 radical (unpaired) electrons. The number of hydrogen-bond acceptors (Lipinski definition) is 5. The maximum absolute atomic E-state index is 15.2. The van der Waals surface area contributed by atoms with Crippen molar-refractivity contribution in [2.24, 2.45) is 0 Å². The standard InChI is InChI=1S/C26H17ClF4N4O4/c1-39-24(37)13-5-7-15(19(28)11-13)22-16-8-6-14(34-10-9-32-25(34)38)12-20(16)35(33-22)23(36)21-17(26(29,30)31)3-2-4-18(21)27/h2-8,11-12H,9-10H2,1H3,(H,32,38). The van der Waals surface area contributed by atoms with Gasteiger partial charge >= 0.3 is 18.2 Å². The van der Waals surface area contributed by atoms with E-state index < -0.39 is 46.1 Å². The molecule has 1 aliphatic heterocycles. The van der Waals surface area contributed by atoms with E-state index in [1.807, 2.05) is 0 Å². The summed E-state index contributed by atoms with van der Waals surface area (Å²) in [7, 11) is 1.14. The predicted octanol–water partition coefficient (Wildman–Crippen LogP) is 5.52. The van der Waals surface area contributed by atoms with E-state index in [0.717, 1.165) is 31.4 Å². The van der Waals surface area contributed by atoms with Crippen molar-refractivity contribution in [3.8, 4) is 11.3 Å². The van der Waals surface area contributed by atoms with Crippen molar-refractivity contribution in [1.82, 2.24) is 15.1 Å². The maximum atomic E-state index is 15.2. The summed E-state index contributed by atoms with van der Waals surface area (Å²) >= 11 is 6.07. The highest BCUT2D eigenvalue weighted by Crippen LogP contribution is 2.38. The van der Waals surface area contributed by atoms with Crippen molar-refractivity contribution in [3.05, 3.63) is 82.1 Å². The summed E-state index contributed by atoms with van der Waals surface area (Å²) in [5, 5.41) is 6.60. The quantitative estimate of drug-likeness (QED) is 0.262. The summed E-state index contributed by atoms with van der Waals surface area (Å²) in [5.41, 5.74) is -2.04. The molecular weight excluding hydrogens is 544 g/mol. The molecule has 5 rings (SSSR count). The van der Waals surface area contributed by atoms with Crippen molar-refractivity contribution >= 4 is 46.1 Å². The van der Waals surface area contributed by atoms with Gasteiger partial charge in [-0.2, -0.15) is 23.0 Å². The largest absolute Gasteiger partial charge is 0.465 e. The maximum Gasteiger partial charge on any atom is 0.417 e. The van der Waals surface area contributed by atoms with Crippen molar-refractivity contribution in [2.75, 3.05) is 25.1 Å². The van der Waals surface area contributed by atoms with Crippen molar-refractivity contribution < 1.29 is 36.7 Å². The number of fused-ring (bicyclic) bond motifs is 1. The number of nitrogens with zero attached hydrogens (tertiary/aromatic N) is 3. The first-order valence-electron chi connectivity index (χ1n) is 11.4. The molecule has 0 bridgehead atoms. The van der Waals surface area contributed by atoms with Crippen LogP contribution in [0.1, 0.15) is 26.3 Å². The lowest BCUT2D eigenvalue weighted by molar-refractivity contribution is -0.137. The molecular formula is C26H17ClF4N4O4. The molecule has 0 aliphatic carbocycles. The van der Waals surface area contributed by atoms with Gasteiger partial charge in [0.05, 0.1) is 34.3 Å². The summed E-state index contributed by atoms with van der Waals surface area (Å²) < 4.78 is 61.9. The van der Waals surface area contributed by atoms with Crippen LogP contribution in [0.5, 0.6) is 0 Å². The number of urea groups is 1. The molecule has 1 aliphatic rings. The molecule has 1 aromatic heterocycles. The Morgan fingerprint density at radius 3 is 2.51 bits per heavy atom. The fourth-order valence-electron chi connectivity index (χ4n) is 4.38. The summed E-state index contributed by atoms with van der Waals surface area (Å²) in [6.07, 6.45) is -4.91. The van der Waals surface area contributed by atoms with Crippen LogP contribution in [0, 0.1) is 5.82 Å². The number of anilines is 1. The van der Waals surface area contributed by atoms with Gasteiger partial charge in [-0.25, -0.2) is 14.0 Å². The number of alkyl halides is 3. The molecule has 200 valence electrons. The molecule has 0 saturated carbocycles. The number of amides is 2. The zero-order valence-electron chi connectivity index (χ0n) is 20.0. The second-order valence-electron chi connectivity index (χ2n) is 8.50. The number of methoxy groups -OCH3 is 1. The van der Waals surface area contributed by atoms with E-state index in [9.17, 15) is 27.6 Å². The van der Waals surface area contributed by atoms with Crippen molar-refractivity contribution in [1.29, 1.82) is 0 Å². The summed E-state index contributed by atoms with van der Waals surface area (Å²) in [6, 6.07) is 10.4. The van der Waals surface area contributed by atoms with E-state index >= 15 is 4.39 Å². The van der Waals surface area contributed by atoms with Crippen LogP contribution in [0.4, 0.5) is 28.0 Å². The molecule has 0 atom stereocenters. The smallest absolute Gasteiger partial charge is 0.417 e. The number of carbonyl (C=O) groups is 3. The third-order valence-corrected chi connectivity index (χ3v) is 6.52. The van der Waals surface area contributed by atoms with Gasteiger partial charge in [-0.1, -0.05) is 17.7 Å². The number of hydrogen-bond donors (Lipinski definition) is 1. The van der Waals surface area contributed by atoms with Crippen LogP contribution in [-0.4, -0.2) is 47.9 Å². The van der Waals surface area contributed by atoms with Crippen molar-refractivity contribution in [2.45, 2.75) is 6.18 Å². The van der Waals surface area contributed by atoms with E-state index in [0.29, 0.717) is 23.5 Å². The number of halogens is 5. The number of carbonyl (C=O) groups excluding carboxylic acids is 3. The minimum Gasteiger partial charge on any atom is -0.465 e. The van der Waals surface area contributed by atoms with E-state index in [4.69, 9.17) is 11.6 Å². The molecule has 13 heteroatoms. The first-order valence-corrected chi connectivity index (χ1v) is 11.8. The Morgan fingerprint density at radius 2 is 1.87 bits per heavy atom. The van der Waals surface area contributed by atoms with Gasteiger partial charge in [-0.3, -0.25) is 9.69 Å². The Morgan fingerprint density at radius 1 is 1.10 bits per heavy atom. The molecule has 0 spiro atoms. The van der Waals surface area contributed by atoms with Gasteiger partial charge in [-0.05, 0) is 48.5 Å². The van der Waals surface area contributed by atoms with E-state index in [1.54, 1.807) is 6.07 Å². The molecule has 8 nitrogen and oxygen atoms in total. The van der Waals surface area contributed by atoms with Gasteiger partial charge in [0.25, 0.3) is 5.91 Å². The average Bonchev–Trinajstić information content (AvgIpc) is 3.50. The van der Waals surface area contributed by atoms with Crippen LogP contribution in [0.15, 0.2) is 54.6 Å². The van der Waals surface area contributed by atoms with Crippen LogP contribution < -0.4 is 10.2 Å². The fourth-order valence-corrected chi connectivity index (χ4v) is 4.63. The summed E-state index contributed by atoms with van der Waals surface area (Å²) in [5.74, 6) is -2.87. The fraction of sp³-hybridized carbons (Fsp3) is 0.154. The Labute approximate surface area is 222 Å². The highest BCUT2D eigenvalue weighted by Gasteiger charge is 2.37. The van der Waals surface area contributed by atoms with Crippen LogP contribution in [-0.2, 0) is 10.9 Å². The summed E-state index contributed by atoms with van der Waals surface area (Å²) in [4.78, 5) is 39.0. The summed E-state index contributed by atoms with van der Waals surface area (Å²) in [6.45, 7) is 0.679. The van der Waals surface area contributed by atoms with Crippen LogP contribution in [0.2, 0.25) is 5.02 Å². The Balaban J connectivity index is 1.75. The highest BCUT2D eigenvalue weighted by molar-refractivity contribution is 6.34. The number of aromatic nitrogens is 2. The van der Waals surface area contributed by atoms with Crippen LogP contribution >= 0.6 is 11.6 Å². The topological polar surface area (TPSA) is 93.5 Å². The van der Waals surface area contributed by atoms with Gasteiger partial charge in [-0.15, -0.1) is 0 Å². The lowest BCUT2D eigenvalue weighted by Gasteiger charge is -2.15. The highest BCUT2D eigenvalue weighted by atomic mass is 35.5. The zero-order chi connectivity index (χ0) is 28.1. The number of rotatable bonds is 4. The second-order valence-corrected chi connectivity index (χ2v) is 8.90. The number of esters is 1. The Bertz CT molecular complexity index is 1670. The lowest BCUT2D eigenvalue weighted by Crippen LogP contribution is -2.27. The van der Waals surface area contributed by atoms with E-state index in [2.05, 4.69) is 15.2 Å². The van der Waals surface area contributed by atoms with Gasteiger partial charge in [0.1, 0.15) is 11.5 Å². The third kappa shape index (κ3) is 4.56. The molecule has 2 amide bonds. The monoisotopic (exact) mass is 560 g/mol. The predicted molar refractivity (Wildman–Crippen MR) is 133 cm³/mol. The molecule has 1 N–H and O–H groups in total. The van der Waals surface area contributed by atoms with Crippen LogP contribution in [0.3, 0.4) is 0 Å². The van der Waals surface area contributed by atoms with E-state index in [-0.39, 0.29) is 27.7 Å². The number of benzene rings is 3. The molecule has 0 unspecified atom stereocenters. The number of nitrogens with one attached hydrogen (secondary N) is 1. The van der Waals surface area contributed by atoms with E-state index in [1.165, 1.54) is 29.2 Å². The third-order valence-electron chi connectivity index (χ3n) is 6.20. The molecule has 3 aromatic carbocycles. The zero-order valence-corrected chi connectivity index (χ0v) is 20.7. The van der Waals surface area contributed by atoms with Gasteiger partial charge < -0.3 is 10.1 Å². The molecule has 1 saturated heterocycles. The van der Waals surface area contributed by atoms with Gasteiger partial charge in [0, 0.05) is 29.7 Å². The number of ether oxygens (including phenoxy) is 1. The second kappa shape index (κ2) is 9.70. The first kappa shape index (κ1) is 26.2. The normalized spacial score (nSPS) is 13.6. The molecule has 39 heavy (non-hydrogen) atoms. The Hall–Kier alpha value is -4.45. The van der Waals surface area contributed by atoms with Crippen LogP contribution in [0.25, 0.3) is 22.2 Å². The first-order chi connectivity index (χ1) is 18.5. The van der Waals surface area contributed by atoms with Gasteiger partial charge in [0.15, 0.2) is 0 Å². The minimum atomic E-state index is -4.91. The molecule has 2 heterocycles. The Kier molecular flexibility index (Phi) is 6.51. The average molecular weight is 561 g/mol. The van der Waals surface area contributed by atoms with Crippen molar-refractivity contribution in [3.63, 3.8) is 0 Å². The SMILES string of the molecule is COC(=O)c1ccc(-c2nn(C(=O)c3c(Cl)cccc3C(F)(F)F)c3cc(N4CCNC4=O)ccc23)c(F)c1. The molecule has 1 fully saturated rings. The molecule has 4 aromatic rings.